The first-order chi connectivity index (χ1) is 21.7. The van der Waals surface area contributed by atoms with Crippen LogP contribution in [-0.2, 0) is 15.8 Å². The highest BCUT2D eigenvalue weighted by atomic mass is 19.4. The highest BCUT2D eigenvalue weighted by Crippen LogP contribution is 2.56. The number of rotatable bonds is 4. The van der Waals surface area contributed by atoms with Gasteiger partial charge in [-0.3, -0.25) is 19.3 Å². The summed E-state index contributed by atoms with van der Waals surface area (Å²) in [6.07, 6.45) is -6.60. The standard InChI is InChI=1S/C31H31F3N4O9/c1-10-5-7-14(13(9-10)31(32,33)34)36-29(46)37-15-8-6-12-11(2)16-18(23(40)17(12)22(15)39)26(43)30(47)20(24(16)41)21(38(3)4)25(42)19(27(30)44)28(35)45/h5-9,11,16,20-21,24,39,41-43,47H,1-4H3,(H2,35,45)(H2,36,37,46). The number of halogens is 3. The summed E-state index contributed by atoms with van der Waals surface area (Å²) in [6.45, 7) is 2.96. The Morgan fingerprint density at radius 2 is 1.62 bits per heavy atom. The van der Waals surface area contributed by atoms with Gasteiger partial charge in [-0.1, -0.05) is 24.6 Å². The molecule has 250 valence electrons. The number of primary amides is 1. The number of aliphatic hydroxyl groups is 4. The average Bonchev–Trinajstić information content (AvgIpc) is 2.96. The summed E-state index contributed by atoms with van der Waals surface area (Å²) < 4.78 is 40.7. The Morgan fingerprint density at radius 3 is 2.19 bits per heavy atom. The lowest BCUT2D eigenvalue weighted by Gasteiger charge is -2.53. The van der Waals surface area contributed by atoms with Crippen LogP contribution >= 0.6 is 0 Å². The van der Waals surface area contributed by atoms with Gasteiger partial charge in [-0.2, -0.15) is 13.2 Å². The van der Waals surface area contributed by atoms with Crippen molar-refractivity contribution in [2.45, 2.75) is 43.7 Å². The number of carbonyl (C=O) groups excluding carboxylic acids is 4. The van der Waals surface area contributed by atoms with Crippen LogP contribution in [0.5, 0.6) is 5.75 Å². The van der Waals surface area contributed by atoms with Gasteiger partial charge in [0.1, 0.15) is 17.1 Å². The van der Waals surface area contributed by atoms with Crippen molar-refractivity contribution in [2.75, 3.05) is 24.7 Å². The highest BCUT2D eigenvalue weighted by molar-refractivity contribution is 6.25. The lowest BCUT2D eigenvalue weighted by atomic mass is 9.55. The third-order valence-electron chi connectivity index (χ3n) is 9.11. The van der Waals surface area contributed by atoms with Gasteiger partial charge in [0.2, 0.25) is 5.78 Å². The molecule has 0 aromatic heterocycles. The number of amides is 3. The fourth-order valence-electron chi connectivity index (χ4n) is 7.00. The average molecular weight is 661 g/mol. The van der Waals surface area contributed by atoms with E-state index in [2.05, 4.69) is 10.6 Å². The molecule has 47 heavy (non-hydrogen) atoms. The normalized spacial score (nSPS) is 27.3. The number of alkyl halides is 3. The van der Waals surface area contributed by atoms with E-state index in [1.807, 2.05) is 0 Å². The van der Waals surface area contributed by atoms with Crippen molar-refractivity contribution in [3.8, 4) is 5.75 Å². The minimum atomic E-state index is -4.80. The Bertz CT molecular complexity index is 1820. The van der Waals surface area contributed by atoms with E-state index in [-0.39, 0.29) is 11.1 Å². The summed E-state index contributed by atoms with van der Waals surface area (Å²) in [5, 5.41) is 61.2. The molecule has 16 heteroatoms. The molecule has 2 aromatic carbocycles. The molecule has 6 unspecified atom stereocenters. The van der Waals surface area contributed by atoms with Crippen LogP contribution in [0.4, 0.5) is 29.3 Å². The van der Waals surface area contributed by atoms with E-state index in [9.17, 15) is 57.9 Å². The van der Waals surface area contributed by atoms with Crippen molar-refractivity contribution < 1.29 is 57.9 Å². The Morgan fingerprint density at radius 1 is 1.02 bits per heavy atom. The number of carbonyl (C=O) groups is 4. The van der Waals surface area contributed by atoms with Crippen molar-refractivity contribution in [3.05, 3.63) is 75.3 Å². The van der Waals surface area contributed by atoms with E-state index in [0.29, 0.717) is 0 Å². The number of aromatic hydroxyl groups is 1. The van der Waals surface area contributed by atoms with E-state index in [0.717, 1.165) is 12.1 Å². The molecule has 5 rings (SSSR count). The molecular weight excluding hydrogens is 629 g/mol. The molecule has 0 bridgehead atoms. The van der Waals surface area contributed by atoms with Crippen molar-refractivity contribution in [1.29, 1.82) is 0 Å². The number of benzene rings is 2. The molecule has 0 fully saturated rings. The largest absolute Gasteiger partial charge is 0.510 e. The number of likely N-dealkylation sites (N-methyl/N-ethyl adjacent to an activating group) is 1. The van der Waals surface area contributed by atoms with Crippen LogP contribution in [-0.4, -0.2) is 85.8 Å². The van der Waals surface area contributed by atoms with Gasteiger partial charge in [0.05, 0.1) is 40.6 Å². The summed E-state index contributed by atoms with van der Waals surface area (Å²) in [4.78, 5) is 53.7. The maximum Gasteiger partial charge on any atom is 0.418 e. The zero-order valence-corrected chi connectivity index (χ0v) is 25.3. The Kier molecular flexibility index (Phi) is 7.90. The molecule has 0 aliphatic heterocycles. The van der Waals surface area contributed by atoms with Gasteiger partial charge in [0, 0.05) is 11.5 Å². The SMILES string of the molecule is Cc1ccc(NC(=O)Nc2ccc3c(c2O)C(=O)C2=C(O)C4(O)C(=O)C(C(N)=O)=C(O)C(N(C)C)C4C(O)C2C3C)c(C(F)(F)F)c1. The number of nitrogens with one attached hydrogen (secondary N) is 2. The summed E-state index contributed by atoms with van der Waals surface area (Å²) in [5.41, 5.74) is -1.70. The maximum atomic E-state index is 14.0. The number of hydrogen-bond donors (Lipinski definition) is 8. The van der Waals surface area contributed by atoms with Gasteiger partial charge < -0.3 is 41.9 Å². The number of phenols is 1. The highest BCUT2D eigenvalue weighted by Gasteiger charge is 2.67. The van der Waals surface area contributed by atoms with Crippen LogP contribution < -0.4 is 16.4 Å². The molecule has 0 saturated heterocycles. The molecule has 0 radical (unpaired) electrons. The van der Waals surface area contributed by atoms with E-state index in [1.54, 1.807) is 0 Å². The predicted molar refractivity (Wildman–Crippen MR) is 159 cm³/mol. The van der Waals surface area contributed by atoms with Crippen LogP contribution in [0.15, 0.2) is 53.0 Å². The number of anilines is 2. The fraction of sp³-hybridized carbons (Fsp3) is 0.355. The van der Waals surface area contributed by atoms with E-state index < -0.39 is 116 Å². The van der Waals surface area contributed by atoms with Crippen molar-refractivity contribution in [3.63, 3.8) is 0 Å². The second kappa shape index (κ2) is 11.1. The molecule has 0 saturated carbocycles. The number of Topliss-reactive ketones (excluding diaryl/α,β-unsaturated/α-hetero) is 2. The first-order valence-electron chi connectivity index (χ1n) is 14.2. The van der Waals surface area contributed by atoms with Gasteiger partial charge in [0.25, 0.3) is 5.91 Å². The number of aliphatic hydroxyl groups excluding tert-OH is 3. The van der Waals surface area contributed by atoms with E-state index in [4.69, 9.17) is 5.73 Å². The van der Waals surface area contributed by atoms with Crippen LogP contribution in [0, 0.1) is 18.8 Å². The number of hydrogen-bond acceptors (Lipinski definition) is 10. The van der Waals surface area contributed by atoms with Crippen molar-refractivity contribution >= 4 is 34.9 Å². The van der Waals surface area contributed by atoms with Crippen LogP contribution in [0.25, 0.3) is 0 Å². The smallest absolute Gasteiger partial charge is 0.418 e. The lowest BCUT2D eigenvalue weighted by molar-refractivity contribution is -0.162. The summed E-state index contributed by atoms with van der Waals surface area (Å²) >= 11 is 0. The Labute approximate surface area is 264 Å². The zero-order chi connectivity index (χ0) is 35.1. The van der Waals surface area contributed by atoms with Gasteiger partial charge in [-0.05, 0) is 50.7 Å². The third-order valence-corrected chi connectivity index (χ3v) is 9.11. The van der Waals surface area contributed by atoms with Crippen LogP contribution in [0.1, 0.15) is 39.9 Å². The first kappa shape index (κ1) is 33.4. The van der Waals surface area contributed by atoms with Gasteiger partial charge in [-0.25, -0.2) is 4.79 Å². The monoisotopic (exact) mass is 660 g/mol. The summed E-state index contributed by atoms with van der Waals surface area (Å²) in [7, 11) is 2.82. The minimum Gasteiger partial charge on any atom is -0.510 e. The number of nitrogens with zero attached hydrogens (tertiary/aromatic N) is 1. The second-order valence-electron chi connectivity index (χ2n) is 12.1. The number of phenolic OH excluding ortho intramolecular Hbond substituents is 1. The predicted octanol–water partition coefficient (Wildman–Crippen LogP) is 2.62. The van der Waals surface area contributed by atoms with Crippen molar-refractivity contribution in [2.24, 2.45) is 17.6 Å². The summed E-state index contributed by atoms with van der Waals surface area (Å²) in [6, 6.07) is 3.09. The zero-order valence-electron chi connectivity index (χ0n) is 25.3. The summed E-state index contributed by atoms with van der Waals surface area (Å²) in [5.74, 6) is -11.0. The molecule has 3 aliphatic rings. The molecule has 9 N–H and O–H groups in total. The molecule has 0 heterocycles. The van der Waals surface area contributed by atoms with Crippen molar-refractivity contribution in [1.82, 2.24) is 4.90 Å². The van der Waals surface area contributed by atoms with Gasteiger partial charge in [-0.15, -0.1) is 0 Å². The van der Waals surface area contributed by atoms with E-state index >= 15 is 0 Å². The molecule has 13 nitrogen and oxygen atoms in total. The molecular formula is C31H31F3N4O9. The van der Waals surface area contributed by atoms with Gasteiger partial charge >= 0.3 is 12.2 Å². The van der Waals surface area contributed by atoms with Crippen LogP contribution in [0.3, 0.4) is 0 Å². The van der Waals surface area contributed by atoms with Crippen LogP contribution in [0.2, 0.25) is 0 Å². The fourth-order valence-corrected chi connectivity index (χ4v) is 7.00. The number of nitrogens with two attached hydrogens (primary N) is 1. The molecule has 3 amide bonds. The van der Waals surface area contributed by atoms with Gasteiger partial charge in [0.15, 0.2) is 17.1 Å². The Balaban J connectivity index is 1.58. The topological polar surface area (TPSA) is 223 Å². The minimum absolute atomic E-state index is 0.128. The number of ketones is 2. The quantitative estimate of drug-likeness (QED) is 0.177. The molecule has 2 aromatic rings. The number of fused-ring (bicyclic) bond motifs is 3. The second-order valence-corrected chi connectivity index (χ2v) is 12.1. The number of aryl methyl sites for hydroxylation is 1. The Hall–Kier alpha value is -4.93. The maximum absolute atomic E-state index is 14.0. The lowest BCUT2D eigenvalue weighted by Crippen LogP contribution is -2.68. The number of urea groups is 1. The first-order valence-corrected chi connectivity index (χ1v) is 14.2. The molecule has 6 atom stereocenters. The molecule has 3 aliphatic carbocycles. The van der Waals surface area contributed by atoms with E-state index in [1.165, 1.54) is 51.0 Å². The molecule has 0 spiro atoms. The third kappa shape index (κ3) is 4.90.